The van der Waals surface area contributed by atoms with Crippen LogP contribution in [-0.2, 0) is 5.41 Å². The maximum absolute atomic E-state index is 4.81. The monoisotopic (exact) mass is 253 g/mol. The number of hydrogen-bond acceptors (Lipinski definition) is 3. The molecule has 98 valence electrons. The van der Waals surface area contributed by atoms with E-state index in [1.54, 1.807) is 0 Å². The van der Waals surface area contributed by atoms with E-state index in [0.717, 1.165) is 18.1 Å². The Morgan fingerprint density at radius 2 is 2.00 bits per heavy atom. The summed E-state index contributed by atoms with van der Waals surface area (Å²) in [6.45, 7) is 3.09. The Bertz CT molecular complexity index is 588. The van der Waals surface area contributed by atoms with Crippen molar-refractivity contribution >= 4 is 0 Å². The lowest BCUT2D eigenvalue weighted by Gasteiger charge is -2.14. The molecular formula is C16H19N3. The maximum atomic E-state index is 4.81. The molecule has 0 amide bonds. The molecule has 0 radical (unpaired) electrons. The van der Waals surface area contributed by atoms with Gasteiger partial charge < -0.3 is 5.32 Å². The van der Waals surface area contributed by atoms with Gasteiger partial charge in [-0.1, -0.05) is 24.3 Å². The van der Waals surface area contributed by atoms with Crippen molar-refractivity contribution < 1.29 is 0 Å². The zero-order valence-electron chi connectivity index (χ0n) is 11.5. The highest BCUT2D eigenvalue weighted by atomic mass is 15.0. The molecule has 19 heavy (non-hydrogen) atoms. The van der Waals surface area contributed by atoms with Gasteiger partial charge in [-0.2, -0.15) is 0 Å². The van der Waals surface area contributed by atoms with Crippen LogP contribution >= 0.6 is 0 Å². The normalized spacial score (nSPS) is 16.3. The highest BCUT2D eigenvalue weighted by molar-refractivity contribution is 5.63. The van der Waals surface area contributed by atoms with Crippen LogP contribution in [0.5, 0.6) is 0 Å². The Kier molecular flexibility index (Phi) is 3.07. The van der Waals surface area contributed by atoms with Gasteiger partial charge in [-0.25, -0.2) is 9.97 Å². The first-order valence-electron chi connectivity index (χ1n) is 6.79. The number of likely N-dealkylation sites (N-methyl/N-ethyl adjacent to an activating group) is 1. The minimum atomic E-state index is 0.174. The summed E-state index contributed by atoms with van der Waals surface area (Å²) in [4.78, 5) is 9.30. The predicted octanol–water partition coefficient (Wildman–Crippen LogP) is 2.70. The van der Waals surface area contributed by atoms with Gasteiger partial charge in [-0.05, 0) is 38.4 Å². The highest BCUT2D eigenvalue weighted by Crippen LogP contribution is 2.46. The Labute approximate surface area is 114 Å². The molecule has 1 aliphatic rings. The Morgan fingerprint density at radius 3 is 2.68 bits per heavy atom. The first-order valence-corrected chi connectivity index (χ1v) is 6.79. The van der Waals surface area contributed by atoms with E-state index in [9.17, 15) is 0 Å². The first kappa shape index (κ1) is 12.3. The number of aromatic nitrogens is 2. The summed E-state index contributed by atoms with van der Waals surface area (Å²) < 4.78 is 0. The smallest absolute Gasteiger partial charge is 0.136 e. The minimum absolute atomic E-state index is 0.174. The number of benzene rings is 1. The van der Waals surface area contributed by atoms with Crippen molar-refractivity contribution in [1.82, 2.24) is 15.3 Å². The van der Waals surface area contributed by atoms with Gasteiger partial charge in [0, 0.05) is 23.7 Å². The quantitative estimate of drug-likeness (QED) is 0.910. The van der Waals surface area contributed by atoms with E-state index in [1.807, 2.05) is 19.3 Å². The Morgan fingerprint density at radius 1 is 1.21 bits per heavy atom. The Hall–Kier alpha value is -1.74. The summed E-state index contributed by atoms with van der Waals surface area (Å²) in [7, 11) is 1.99. The Balaban J connectivity index is 1.99. The second-order valence-corrected chi connectivity index (χ2v) is 5.39. The van der Waals surface area contributed by atoms with Gasteiger partial charge in [-0.3, -0.25) is 0 Å². The maximum Gasteiger partial charge on any atom is 0.136 e. The lowest BCUT2D eigenvalue weighted by molar-refractivity contribution is 0.588. The molecule has 1 aromatic heterocycles. The van der Waals surface area contributed by atoms with E-state index < -0.39 is 0 Å². The average Bonchev–Trinajstić information content (AvgIpc) is 3.21. The third-order valence-corrected chi connectivity index (χ3v) is 3.92. The van der Waals surface area contributed by atoms with Gasteiger partial charge in [0.2, 0.25) is 0 Å². The van der Waals surface area contributed by atoms with Gasteiger partial charge in [0.25, 0.3) is 0 Å². The van der Waals surface area contributed by atoms with Crippen LogP contribution in [0.25, 0.3) is 11.3 Å². The highest BCUT2D eigenvalue weighted by Gasteiger charge is 2.46. The zero-order valence-corrected chi connectivity index (χ0v) is 11.5. The minimum Gasteiger partial charge on any atom is -0.319 e. The van der Waals surface area contributed by atoms with E-state index in [1.165, 1.54) is 24.0 Å². The molecule has 1 heterocycles. The third kappa shape index (κ3) is 2.26. The van der Waals surface area contributed by atoms with Crippen LogP contribution in [0.15, 0.2) is 36.5 Å². The zero-order chi connectivity index (χ0) is 13.3. The number of nitrogens with zero attached hydrogens (tertiary/aromatic N) is 2. The molecule has 1 fully saturated rings. The summed E-state index contributed by atoms with van der Waals surface area (Å²) in [5.74, 6) is 0.989. The van der Waals surface area contributed by atoms with Crippen LogP contribution in [0, 0.1) is 6.92 Å². The largest absolute Gasteiger partial charge is 0.319 e. The summed E-state index contributed by atoms with van der Waals surface area (Å²) in [6.07, 6.45) is 4.26. The van der Waals surface area contributed by atoms with Crippen molar-refractivity contribution in [3.63, 3.8) is 0 Å². The molecule has 0 spiro atoms. The molecule has 0 bridgehead atoms. The summed E-state index contributed by atoms with van der Waals surface area (Å²) in [6, 6.07) is 10.4. The predicted molar refractivity (Wildman–Crippen MR) is 77.0 cm³/mol. The molecule has 3 rings (SSSR count). The second kappa shape index (κ2) is 4.74. The van der Waals surface area contributed by atoms with E-state index in [0.29, 0.717) is 0 Å². The fourth-order valence-corrected chi connectivity index (χ4v) is 2.59. The van der Waals surface area contributed by atoms with Crippen LogP contribution in [-0.4, -0.2) is 23.6 Å². The van der Waals surface area contributed by atoms with Gasteiger partial charge >= 0.3 is 0 Å². The number of nitrogens with one attached hydrogen (secondary N) is 1. The summed E-state index contributed by atoms with van der Waals surface area (Å²) in [5, 5.41) is 3.26. The second-order valence-electron chi connectivity index (χ2n) is 5.39. The van der Waals surface area contributed by atoms with Crippen LogP contribution in [0.4, 0.5) is 0 Å². The topological polar surface area (TPSA) is 37.8 Å². The molecule has 0 unspecified atom stereocenters. The van der Waals surface area contributed by atoms with Crippen molar-refractivity contribution in [3.05, 3.63) is 47.9 Å². The molecule has 1 aromatic carbocycles. The fourth-order valence-electron chi connectivity index (χ4n) is 2.59. The van der Waals surface area contributed by atoms with Crippen molar-refractivity contribution in [2.45, 2.75) is 25.2 Å². The van der Waals surface area contributed by atoms with E-state index in [2.05, 4.69) is 41.5 Å². The number of aryl methyl sites for hydroxylation is 1. The lowest BCUT2D eigenvalue weighted by atomic mass is 10.0. The van der Waals surface area contributed by atoms with Crippen LogP contribution in [0.1, 0.15) is 24.2 Å². The van der Waals surface area contributed by atoms with Crippen molar-refractivity contribution in [3.8, 4) is 11.3 Å². The number of hydrogen-bond donors (Lipinski definition) is 1. The molecule has 0 atom stereocenters. The van der Waals surface area contributed by atoms with Gasteiger partial charge in [-0.15, -0.1) is 0 Å². The molecule has 3 nitrogen and oxygen atoms in total. The van der Waals surface area contributed by atoms with E-state index in [-0.39, 0.29) is 5.41 Å². The van der Waals surface area contributed by atoms with Crippen molar-refractivity contribution in [2.75, 3.05) is 13.6 Å². The van der Waals surface area contributed by atoms with Gasteiger partial charge in [0.15, 0.2) is 0 Å². The molecule has 0 aliphatic heterocycles. The fraction of sp³-hybridized carbons (Fsp3) is 0.375. The first-order chi connectivity index (χ1) is 9.25. The number of rotatable bonds is 4. The van der Waals surface area contributed by atoms with Gasteiger partial charge in [0.05, 0.1) is 5.69 Å². The van der Waals surface area contributed by atoms with E-state index in [4.69, 9.17) is 4.98 Å². The van der Waals surface area contributed by atoms with Crippen LogP contribution in [0.3, 0.4) is 0 Å². The summed E-state index contributed by atoms with van der Waals surface area (Å²) in [5.41, 5.74) is 3.66. The molecule has 2 aromatic rings. The summed E-state index contributed by atoms with van der Waals surface area (Å²) >= 11 is 0. The van der Waals surface area contributed by atoms with Gasteiger partial charge in [0.1, 0.15) is 5.82 Å². The van der Waals surface area contributed by atoms with Crippen molar-refractivity contribution in [1.29, 1.82) is 0 Å². The van der Waals surface area contributed by atoms with Crippen LogP contribution < -0.4 is 5.32 Å². The molecular weight excluding hydrogens is 234 g/mol. The molecule has 1 N–H and O–H groups in total. The van der Waals surface area contributed by atoms with Crippen LogP contribution in [0.2, 0.25) is 0 Å². The standard InChI is InChI=1S/C16H19N3/c1-12-5-3-4-6-13(12)14-7-10-18-15(19-14)16(8-9-16)11-17-2/h3-7,10,17H,8-9,11H2,1-2H3. The lowest BCUT2D eigenvalue weighted by Crippen LogP contribution is -2.25. The average molecular weight is 253 g/mol. The SMILES string of the molecule is CNCC1(c2nccc(-c3ccccc3C)n2)CC1. The molecule has 1 saturated carbocycles. The molecule has 0 saturated heterocycles. The third-order valence-electron chi connectivity index (χ3n) is 3.92. The van der Waals surface area contributed by atoms with E-state index >= 15 is 0 Å². The van der Waals surface area contributed by atoms with Crippen molar-refractivity contribution in [2.24, 2.45) is 0 Å². The molecule has 1 aliphatic carbocycles. The molecule has 3 heteroatoms.